The fraction of sp³-hybridized carbons (Fsp3) is 0.909. The van der Waals surface area contributed by atoms with Crippen LogP contribution in [0.25, 0.3) is 0 Å². The summed E-state index contributed by atoms with van der Waals surface area (Å²) < 4.78 is 38.6. The molecule has 98 valence electrons. The van der Waals surface area contributed by atoms with E-state index in [1.54, 1.807) is 11.9 Å². The first kappa shape index (κ1) is 12.7. The van der Waals surface area contributed by atoms with Crippen LogP contribution in [0.2, 0.25) is 0 Å². The van der Waals surface area contributed by atoms with Crippen LogP contribution in [0, 0.1) is 11.8 Å². The van der Waals surface area contributed by atoms with Gasteiger partial charge in [0.15, 0.2) is 0 Å². The van der Waals surface area contributed by atoms with E-state index in [9.17, 15) is 18.0 Å². The number of carboxylic acid groups (broad SMARTS) is 1. The summed E-state index contributed by atoms with van der Waals surface area (Å²) in [6.45, 7) is 0. The van der Waals surface area contributed by atoms with Gasteiger partial charge >= 0.3 is 12.1 Å². The zero-order chi connectivity index (χ0) is 12.8. The van der Waals surface area contributed by atoms with Crippen molar-refractivity contribution in [1.29, 1.82) is 0 Å². The molecule has 1 aliphatic carbocycles. The van der Waals surface area contributed by atoms with Gasteiger partial charge in [0, 0.05) is 6.04 Å². The lowest BCUT2D eigenvalue weighted by molar-refractivity contribution is -0.198. The molecule has 2 rings (SSSR count). The Morgan fingerprint density at radius 3 is 2.53 bits per heavy atom. The van der Waals surface area contributed by atoms with Crippen molar-refractivity contribution < 1.29 is 23.1 Å². The van der Waals surface area contributed by atoms with Crippen LogP contribution in [-0.4, -0.2) is 41.3 Å². The van der Waals surface area contributed by atoms with Crippen molar-refractivity contribution in [3.05, 3.63) is 0 Å². The van der Waals surface area contributed by atoms with E-state index in [0.717, 1.165) is 0 Å². The quantitative estimate of drug-likeness (QED) is 0.776. The number of rotatable bonds is 1. The predicted molar refractivity (Wildman–Crippen MR) is 54.5 cm³/mol. The topological polar surface area (TPSA) is 40.5 Å². The maximum Gasteiger partial charge on any atom is 0.392 e. The van der Waals surface area contributed by atoms with Gasteiger partial charge in [-0.15, -0.1) is 0 Å². The Hall–Kier alpha value is -0.780. The average Bonchev–Trinajstić information content (AvgIpc) is 2.55. The molecule has 4 unspecified atom stereocenters. The number of alkyl halides is 3. The van der Waals surface area contributed by atoms with E-state index in [1.165, 1.54) is 0 Å². The monoisotopic (exact) mass is 251 g/mol. The Labute approximate surface area is 97.6 Å². The molecule has 6 heteroatoms. The molecule has 0 bridgehead atoms. The van der Waals surface area contributed by atoms with E-state index in [1.807, 2.05) is 0 Å². The fourth-order valence-corrected chi connectivity index (χ4v) is 3.41. The molecule has 0 aromatic rings. The highest BCUT2D eigenvalue weighted by molar-refractivity contribution is 5.74. The van der Waals surface area contributed by atoms with E-state index in [2.05, 4.69) is 0 Å². The maximum atomic E-state index is 12.9. The summed E-state index contributed by atoms with van der Waals surface area (Å²) in [5.41, 5.74) is 0. The summed E-state index contributed by atoms with van der Waals surface area (Å²) in [4.78, 5) is 12.6. The van der Waals surface area contributed by atoms with Crippen molar-refractivity contribution in [3.63, 3.8) is 0 Å². The lowest BCUT2D eigenvalue weighted by Crippen LogP contribution is -2.43. The number of likely N-dealkylation sites (tertiary alicyclic amines) is 1. The highest BCUT2D eigenvalue weighted by Gasteiger charge is 2.54. The number of fused-ring (bicyclic) bond motifs is 1. The van der Waals surface area contributed by atoms with Crippen molar-refractivity contribution >= 4 is 5.97 Å². The summed E-state index contributed by atoms with van der Waals surface area (Å²) in [6.07, 6.45) is -2.72. The molecule has 0 aromatic heterocycles. The number of likely N-dealkylation sites (N-methyl/N-ethyl adjacent to an activating group) is 1. The number of halogens is 3. The summed E-state index contributed by atoms with van der Waals surface area (Å²) in [7, 11) is 1.63. The molecule has 0 spiro atoms. The molecule has 1 saturated carbocycles. The first-order valence-corrected chi connectivity index (χ1v) is 5.84. The van der Waals surface area contributed by atoms with Crippen LogP contribution in [0.1, 0.15) is 25.7 Å². The highest BCUT2D eigenvalue weighted by Crippen LogP contribution is 2.48. The van der Waals surface area contributed by atoms with Gasteiger partial charge in [0.1, 0.15) is 6.04 Å². The van der Waals surface area contributed by atoms with Gasteiger partial charge in [0.25, 0.3) is 0 Å². The SMILES string of the molecule is CN1C(C(=O)O)CC2C1CCCC2C(F)(F)F. The minimum absolute atomic E-state index is 0.126. The minimum atomic E-state index is -4.20. The second-order valence-electron chi connectivity index (χ2n) is 5.07. The van der Waals surface area contributed by atoms with E-state index in [-0.39, 0.29) is 18.9 Å². The first-order chi connectivity index (χ1) is 7.82. The van der Waals surface area contributed by atoms with Crippen LogP contribution in [0.15, 0.2) is 0 Å². The van der Waals surface area contributed by atoms with E-state index >= 15 is 0 Å². The number of carboxylic acids is 1. The van der Waals surface area contributed by atoms with Gasteiger partial charge in [0.05, 0.1) is 5.92 Å². The van der Waals surface area contributed by atoms with Crippen LogP contribution in [0.3, 0.4) is 0 Å². The van der Waals surface area contributed by atoms with Crippen LogP contribution in [0.5, 0.6) is 0 Å². The summed E-state index contributed by atoms with van der Waals surface area (Å²) in [6, 6.07) is -0.982. The lowest BCUT2D eigenvalue weighted by Gasteiger charge is -2.36. The van der Waals surface area contributed by atoms with Crippen molar-refractivity contribution in [3.8, 4) is 0 Å². The molecule has 0 amide bonds. The van der Waals surface area contributed by atoms with Gasteiger partial charge in [-0.3, -0.25) is 9.69 Å². The van der Waals surface area contributed by atoms with Crippen molar-refractivity contribution in [1.82, 2.24) is 4.90 Å². The standard InChI is InChI=1S/C11H16F3NO2/c1-15-8-4-2-3-7(11(12,13)14)6(8)5-9(15)10(16)17/h6-9H,2-5H2,1H3,(H,16,17). The summed E-state index contributed by atoms with van der Waals surface area (Å²) >= 11 is 0. The molecule has 2 fully saturated rings. The first-order valence-electron chi connectivity index (χ1n) is 5.84. The van der Waals surface area contributed by atoms with Gasteiger partial charge in [-0.05, 0) is 32.2 Å². The predicted octanol–water partition coefficient (Wildman–Crippen LogP) is 2.12. The molecular formula is C11H16F3NO2. The molecule has 4 atom stereocenters. The zero-order valence-electron chi connectivity index (χ0n) is 9.57. The normalized spacial score (nSPS) is 39.1. The van der Waals surface area contributed by atoms with Gasteiger partial charge in [-0.1, -0.05) is 6.42 Å². The van der Waals surface area contributed by atoms with Crippen LogP contribution < -0.4 is 0 Å². The summed E-state index contributed by atoms with van der Waals surface area (Å²) in [5.74, 6) is -2.88. The van der Waals surface area contributed by atoms with Gasteiger partial charge in [0.2, 0.25) is 0 Å². The van der Waals surface area contributed by atoms with Crippen molar-refractivity contribution in [2.45, 2.75) is 43.9 Å². The van der Waals surface area contributed by atoms with Gasteiger partial charge < -0.3 is 5.11 Å². The van der Waals surface area contributed by atoms with E-state index < -0.39 is 30.0 Å². The third-order valence-electron chi connectivity index (χ3n) is 4.24. The lowest BCUT2D eigenvalue weighted by atomic mass is 9.75. The largest absolute Gasteiger partial charge is 0.480 e. The van der Waals surface area contributed by atoms with E-state index in [0.29, 0.717) is 12.8 Å². The number of aliphatic carboxylic acids is 1. The average molecular weight is 251 g/mol. The van der Waals surface area contributed by atoms with Crippen LogP contribution >= 0.6 is 0 Å². The molecule has 1 heterocycles. The van der Waals surface area contributed by atoms with E-state index in [4.69, 9.17) is 5.11 Å². The van der Waals surface area contributed by atoms with Crippen molar-refractivity contribution in [2.75, 3.05) is 7.05 Å². The van der Waals surface area contributed by atoms with Gasteiger partial charge in [-0.25, -0.2) is 0 Å². The molecule has 1 aliphatic heterocycles. The molecule has 2 aliphatic rings. The minimum Gasteiger partial charge on any atom is -0.480 e. The number of hydrogen-bond acceptors (Lipinski definition) is 2. The number of carbonyl (C=O) groups is 1. The molecule has 0 aromatic carbocycles. The van der Waals surface area contributed by atoms with Gasteiger partial charge in [-0.2, -0.15) is 13.2 Å². The molecular weight excluding hydrogens is 235 g/mol. The second-order valence-corrected chi connectivity index (χ2v) is 5.07. The molecule has 3 nitrogen and oxygen atoms in total. The number of hydrogen-bond donors (Lipinski definition) is 1. The smallest absolute Gasteiger partial charge is 0.392 e. The van der Waals surface area contributed by atoms with Crippen molar-refractivity contribution in [2.24, 2.45) is 11.8 Å². The molecule has 1 N–H and O–H groups in total. The molecule has 17 heavy (non-hydrogen) atoms. The zero-order valence-corrected chi connectivity index (χ0v) is 9.57. The Morgan fingerprint density at radius 2 is 2.00 bits per heavy atom. The third-order valence-corrected chi connectivity index (χ3v) is 4.24. The Morgan fingerprint density at radius 1 is 1.35 bits per heavy atom. The fourth-order valence-electron chi connectivity index (χ4n) is 3.41. The molecule has 1 saturated heterocycles. The van der Waals surface area contributed by atoms with Crippen LogP contribution in [0.4, 0.5) is 13.2 Å². The Bertz CT molecular complexity index is 318. The molecule has 0 radical (unpaired) electrons. The Balaban J connectivity index is 2.20. The second kappa shape index (κ2) is 4.15. The third kappa shape index (κ3) is 2.14. The summed E-state index contributed by atoms with van der Waals surface area (Å²) in [5, 5.41) is 9.00. The number of nitrogens with zero attached hydrogens (tertiary/aromatic N) is 1. The van der Waals surface area contributed by atoms with Crippen LogP contribution in [-0.2, 0) is 4.79 Å². The maximum absolute atomic E-state index is 12.9. The highest BCUT2D eigenvalue weighted by atomic mass is 19.4. The Kier molecular flexibility index (Phi) is 3.10.